The first-order valence-corrected chi connectivity index (χ1v) is 4.76. The first-order chi connectivity index (χ1) is 8.10. The summed E-state index contributed by atoms with van der Waals surface area (Å²) in [4.78, 5) is 0. The van der Waals surface area contributed by atoms with Crippen molar-refractivity contribution >= 4 is 0 Å². The second-order valence-electron chi connectivity index (χ2n) is 3.46. The number of nitriles is 1. The maximum absolute atomic E-state index is 13.5. The van der Waals surface area contributed by atoms with Crippen LogP contribution in [-0.2, 0) is 0 Å². The van der Waals surface area contributed by atoms with Crippen LogP contribution in [0, 0.1) is 28.8 Å². The van der Waals surface area contributed by atoms with Gasteiger partial charge in [0.05, 0.1) is 11.6 Å². The molecule has 0 heterocycles. The smallest absolute Gasteiger partial charge is 0.133 e. The van der Waals surface area contributed by atoms with Crippen molar-refractivity contribution in [1.29, 1.82) is 5.26 Å². The highest BCUT2D eigenvalue weighted by molar-refractivity contribution is 5.66. The zero-order chi connectivity index (χ0) is 12.4. The van der Waals surface area contributed by atoms with Crippen LogP contribution < -0.4 is 0 Å². The second kappa shape index (κ2) is 4.30. The summed E-state index contributed by atoms with van der Waals surface area (Å²) in [5, 5.41) is 8.68. The second-order valence-corrected chi connectivity index (χ2v) is 3.46. The van der Waals surface area contributed by atoms with Crippen molar-refractivity contribution in [1.82, 2.24) is 0 Å². The Morgan fingerprint density at radius 3 is 2.29 bits per heavy atom. The molecule has 0 saturated heterocycles. The average Bonchev–Trinajstić information content (AvgIpc) is 2.28. The minimum atomic E-state index is -0.792. The van der Waals surface area contributed by atoms with E-state index in [0.29, 0.717) is 6.07 Å². The van der Waals surface area contributed by atoms with Crippen molar-refractivity contribution in [3.63, 3.8) is 0 Å². The number of halogens is 3. The predicted octanol–water partition coefficient (Wildman–Crippen LogP) is 3.64. The van der Waals surface area contributed by atoms with Crippen LogP contribution >= 0.6 is 0 Å². The van der Waals surface area contributed by atoms with E-state index in [9.17, 15) is 13.2 Å². The minimum Gasteiger partial charge on any atom is -0.207 e. The molecular formula is C13H6F3N. The van der Waals surface area contributed by atoms with E-state index in [0.717, 1.165) is 18.2 Å². The number of benzene rings is 2. The molecule has 0 saturated carbocycles. The van der Waals surface area contributed by atoms with Crippen molar-refractivity contribution in [3.05, 3.63) is 59.4 Å². The molecule has 0 N–H and O–H groups in total. The number of hydrogen-bond donors (Lipinski definition) is 0. The number of nitrogens with zero attached hydrogens (tertiary/aromatic N) is 1. The average molecular weight is 233 g/mol. The molecule has 0 atom stereocenters. The molecule has 0 aliphatic rings. The molecule has 17 heavy (non-hydrogen) atoms. The quantitative estimate of drug-likeness (QED) is 0.737. The summed E-state index contributed by atoms with van der Waals surface area (Å²) < 4.78 is 39.3. The van der Waals surface area contributed by atoms with Crippen LogP contribution in [0.5, 0.6) is 0 Å². The molecule has 0 bridgehead atoms. The minimum absolute atomic E-state index is 0.0578. The van der Waals surface area contributed by atoms with E-state index in [1.165, 1.54) is 12.1 Å². The van der Waals surface area contributed by atoms with Gasteiger partial charge in [-0.25, -0.2) is 13.2 Å². The van der Waals surface area contributed by atoms with Gasteiger partial charge in [0.1, 0.15) is 17.5 Å². The van der Waals surface area contributed by atoms with Gasteiger partial charge in [-0.1, -0.05) is 0 Å². The third kappa shape index (κ3) is 2.28. The molecule has 84 valence electrons. The lowest BCUT2D eigenvalue weighted by Gasteiger charge is -2.04. The molecule has 0 amide bonds. The summed E-state index contributed by atoms with van der Waals surface area (Å²) in [6, 6.07) is 8.26. The Bertz CT molecular complexity index is 615. The molecule has 0 aliphatic carbocycles. The molecule has 0 unspecified atom stereocenters. The zero-order valence-electron chi connectivity index (χ0n) is 8.55. The molecular weight excluding hydrogens is 227 g/mol. The van der Waals surface area contributed by atoms with Crippen LogP contribution in [0.25, 0.3) is 11.1 Å². The Morgan fingerprint density at radius 1 is 0.882 bits per heavy atom. The van der Waals surface area contributed by atoms with Gasteiger partial charge in [-0.15, -0.1) is 0 Å². The Kier molecular flexibility index (Phi) is 2.84. The molecule has 0 aromatic heterocycles. The standard InChI is InChI=1S/C13H6F3N/c14-10-1-2-12(13(16)6-10)9-3-8(7-17)4-11(15)5-9/h1-6H. The third-order valence-electron chi connectivity index (χ3n) is 2.27. The van der Waals surface area contributed by atoms with Crippen LogP contribution in [-0.4, -0.2) is 0 Å². The summed E-state index contributed by atoms with van der Waals surface area (Å²) >= 11 is 0. The van der Waals surface area contributed by atoms with Crippen LogP contribution in [0.3, 0.4) is 0 Å². The largest absolute Gasteiger partial charge is 0.207 e. The van der Waals surface area contributed by atoms with Gasteiger partial charge in [-0.2, -0.15) is 5.26 Å². The van der Waals surface area contributed by atoms with Crippen molar-refractivity contribution in [2.24, 2.45) is 0 Å². The highest BCUT2D eigenvalue weighted by atomic mass is 19.1. The normalized spacial score (nSPS) is 10.0. The maximum atomic E-state index is 13.5. The van der Waals surface area contributed by atoms with E-state index >= 15 is 0 Å². The van der Waals surface area contributed by atoms with Gasteiger partial charge in [-0.05, 0) is 35.9 Å². The van der Waals surface area contributed by atoms with E-state index in [1.807, 2.05) is 0 Å². The van der Waals surface area contributed by atoms with Crippen LogP contribution in [0.1, 0.15) is 5.56 Å². The van der Waals surface area contributed by atoms with Crippen LogP contribution in [0.15, 0.2) is 36.4 Å². The number of hydrogen-bond acceptors (Lipinski definition) is 1. The van der Waals surface area contributed by atoms with E-state index in [1.54, 1.807) is 6.07 Å². The third-order valence-corrected chi connectivity index (χ3v) is 2.27. The topological polar surface area (TPSA) is 23.8 Å². The first kappa shape index (κ1) is 11.2. The molecule has 0 fully saturated rings. The van der Waals surface area contributed by atoms with E-state index in [4.69, 9.17) is 5.26 Å². The highest BCUT2D eigenvalue weighted by Crippen LogP contribution is 2.25. The lowest BCUT2D eigenvalue weighted by Crippen LogP contribution is -1.89. The molecule has 4 heteroatoms. The fourth-order valence-electron chi connectivity index (χ4n) is 1.53. The Morgan fingerprint density at radius 2 is 1.65 bits per heavy atom. The lowest BCUT2D eigenvalue weighted by molar-refractivity contribution is 0.585. The lowest BCUT2D eigenvalue weighted by atomic mass is 10.0. The molecule has 0 radical (unpaired) electrons. The SMILES string of the molecule is N#Cc1cc(F)cc(-c2ccc(F)cc2F)c1. The van der Waals surface area contributed by atoms with Crippen molar-refractivity contribution in [3.8, 4) is 17.2 Å². The predicted molar refractivity (Wildman–Crippen MR) is 56.5 cm³/mol. The summed E-state index contributed by atoms with van der Waals surface area (Å²) in [6.07, 6.45) is 0. The maximum Gasteiger partial charge on any atom is 0.133 e. The Hall–Kier alpha value is -2.28. The summed E-state index contributed by atoms with van der Waals surface area (Å²) in [6.45, 7) is 0. The number of rotatable bonds is 1. The van der Waals surface area contributed by atoms with Gasteiger partial charge in [0.25, 0.3) is 0 Å². The molecule has 1 nitrogen and oxygen atoms in total. The summed E-state index contributed by atoms with van der Waals surface area (Å²) in [7, 11) is 0. The highest BCUT2D eigenvalue weighted by Gasteiger charge is 2.08. The van der Waals surface area contributed by atoms with Gasteiger partial charge in [-0.3, -0.25) is 0 Å². The van der Waals surface area contributed by atoms with E-state index < -0.39 is 17.5 Å². The molecule has 2 aromatic rings. The van der Waals surface area contributed by atoms with E-state index in [-0.39, 0.29) is 16.7 Å². The van der Waals surface area contributed by atoms with Crippen LogP contribution in [0.2, 0.25) is 0 Å². The van der Waals surface area contributed by atoms with Crippen LogP contribution in [0.4, 0.5) is 13.2 Å². The van der Waals surface area contributed by atoms with Gasteiger partial charge in [0.15, 0.2) is 0 Å². The van der Waals surface area contributed by atoms with Gasteiger partial charge in [0.2, 0.25) is 0 Å². The van der Waals surface area contributed by atoms with E-state index in [2.05, 4.69) is 0 Å². The summed E-state index contributed by atoms with van der Waals surface area (Å²) in [5.41, 5.74) is 0.352. The monoisotopic (exact) mass is 233 g/mol. The Labute approximate surface area is 95.7 Å². The van der Waals surface area contributed by atoms with Gasteiger partial charge in [0, 0.05) is 11.6 Å². The first-order valence-electron chi connectivity index (χ1n) is 4.76. The van der Waals surface area contributed by atoms with Gasteiger partial charge >= 0.3 is 0 Å². The molecule has 2 rings (SSSR count). The summed E-state index contributed by atoms with van der Waals surface area (Å²) in [5.74, 6) is -2.13. The zero-order valence-corrected chi connectivity index (χ0v) is 8.55. The Balaban J connectivity index is 2.61. The fourth-order valence-corrected chi connectivity index (χ4v) is 1.53. The van der Waals surface area contributed by atoms with Crippen molar-refractivity contribution in [2.45, 2.75) is 0 Å². The van der Waals surface area contributed by atoms with Crippen molar-refractivity contribution < 1.29 is 13.2 Å². The molecule has 0 spiro atoms. The van der Waals surface area contributed by atoms with Gasteiger partial charge < -0.3 is 0 Å². The molecule has 2 aromatic carbocycles. The molecule has 0 aliphatic heterocycles. The van der Waals surface area contributed by atoms with Crippen molar-refractivity contribution in [2.75, 3.05) is 0 Å². The fraction of sp³-hybridized carbons (Fsp3) is 0.